The molecule has 0 saturated carbocycles. The first kappa shape index (κ1) is 8.56. The number of furan rings is 1. The van der Waals surface area contributed by atoms with Crippen LogP contribution in [0.1, 0.15) is 11.3 Å². The van der Waals surface area contributed by atoms with E-state index in [1.165, 1.54) is 0 Å². The molecule has 3 nitrogen and oxygen atoms in total. The minimum absolute atomic E-state index is 0.753. The Balaban J connectivity index is 2.14. The Morgan fingerprint density at radius 1 is 1.62 bits per heavy atom. The molecule has 0 fully saturated rings. The predicted molar refractivity (Wildman–Crippen MR) is 52.5 cm³/mol. The number of aryl methyl sites for hydroxylation is 1. The van der Waals surface area contributed by atoms with Crippen LogP contribution in [0.15, 0.2) is 33.7 Å². The van der Waals surface area contributed by atoms with Gasteiger partial charge in [-0.05, 0) is 35.0 Å². The first-order valence-corrected chi connectivity index (χ1v) is 4.76. The van der Waals surface area contributed by atoms with Crippen molar-refractivity contribution in [2.75, 3.05) is 0 Å². The van der Waals surface area contributed by atoms with Crippen molar-refractivity contribution in [1.82, 2.24) is 9.78 Å². The molecule has 0 radical (unpaired) electrons. The lowest BCUT2D eigenvalue weighted by atomic mass is 10.3. The molecule has 0 saturated heterocycles. The van der Waals surface area contributed by atoms with Crippen LogP contribution in [0.4, 0.5) is 0 Å². The molecule has 0 aromatic carbocycles. The highest BCUT2D eigenvalue weighted by Crippen LogP contribution is 2.14. The zero-order chi connectivity index (χ0) is 9.26. The molecule has 0 bridgehead atoms. The standard InChI is InChI=1S/C9H9BrN2O/c1-7-2-3-12(11-7)5-8-4-9(10)13-6-8/h2-4,6H,5H2,1H3. The second-order valence-electron chi connectivity index (χ2n) is 2.91. The maximum Gasteiger partial charge on any atom is 0.169 e. The van der Waals surface area contributed by atoms with Crippen molar-refractivity contribution in [3.63, 3.8) is 0 Å². The van der Waals surface area contributed by atoms with E-state index in [0.29, 0.717) is 0 Å². The van der Waals surface area contributed by atoms with Gasteiger partial charge in [0.1, 0.15) is 0 Å². The summed E-state index contributed by atoms with van der Waals surface area (Å²) >= 11 is 3.25. The van der Waals surface area contributed by atoms with E-state index in [-0.39, 0.29) is 0 Å². The van der Waals surface area contributed by atoms with E-state index in [1.54, 1.807) is 6.26 Å². The summed E-state index contributed by atoms with van der Waals surface area (Å²) in [6.07, 6.45) is 3.68. The van der Waals surface area contributed by atoms with Crippen molar-refractivity contribution in [2.24, 2.45) is 0 Å². The maximum atomic E-state index is 5.12. The molecule has 2 aromatic heterocycles. The molecule has 0 atom stereocenters. The first-order chi connectivity index (χ1) is 6.24. The lowest BCUT2D eigenvalue weighted by Crippen LogP contribution is -1.98. The number of hydrogen-bond acceptors (Lipinski definition) is 2. The topological polar surface area (TPSA) is 31.0 Å². The molecule has 68 valence electrons. The normalized spacial score (nSPS) is 10.6. The summed E-state index contributed by atoms with van der Waals surface area (Å²) in [6, 6.07) is 3.92. The molecule has 0 N–H and O–H groups in total. The fourth-order valence-electron chi connectivity index (χ4n) is 1.17. The highest BCUT2D eigenvalue weighted by Gasteiger charge is 2.00. The van der Waals surface area contributed by atoms with Gasteiger partial charge in [-0.3, -0.25) is 4.68 Å². The molecule has 2 rings (SSSR count). The third kappa shape index (κ3) is 2.01. The van der Waals surface area contributed by atoms with Gasteiger partial charge in [0.05, 0.1) is 18.5 Å². The molecule has 0 aliphatic heterocycles. The number of hydrogen-bond donors (Lipinski definition) is 0. The SMILES string of the molecule is Cc1ccn(Cc2coc(Br)c2)n1. The molecule has 2 heterocycles. The van der Waals surface area contributed by atoms with E-state index in [4.69, 9.17) is 4.42 Å². The van der Waals surface area contributed by atoms with Crippen molar-refractivity contribution in [3.8, 4) is 0 Å². The highest BCUT2D eigenvalue weighted by molar-refractivity contribution is 9.10. The van der Waals surface area contributed by atoms with E-state index in [1.807, 2.05) is 29.9 Å². The van der Waals surface area contributed by atoms with Crippen molar-refractivity contribution >= 4 is 15.9 Å². The number of aromatic nitrogens is 2. The Labute approximate surface area is 84.5 Å². The van der Waals surface area contributed by atoms with Crippen LogP contribution in [0.5, 0.6) is 0 Å². The Morgan fingerprint density at radius 2 is 2.46 bits per heavy atom. The van der Waals surface area contributed by atoms with Gasteiger partial charge in [0.25, 0.3) is 0 Å². The molecule has 0 aliphatic carbocycles. The summed E-state index contributed by atoms with van der Waals surface area (Å²) < 4.78 is 7.76. The maximum absolute atomic E-state index is 5.12. The molecule has 2 aromatic rings. The molecule has 0 amide bonds. The van der Waals surface area contributed by atoms with Crippen molar-refractivity contribution < 1.29 is 4.42 Å². The minimum atomic E-state index is 0.753. The summed E-state index contributed by atoms with van der Waals surface area (Å²) in [6.45, 7) is 2.73. The Morgan fingerprint density at radius 3 is 3.00 bits per heavy atom. The molecule has 0 unspecified atom stereocenters. The lowest BCUT2D eigenvalue weighted by molar-refractivity contribution is 0.535. The predicted octanol–water partition coefficient (Wildman–Crippen LogP) is 2.60. The molecule has 0 spiro atoms. The molecular weight excluding hydrogens is 232 g/mol. The van der Waals surface area contributed by atoms with Gasteiger partial charge < -0.3 is 4.42 Å². The van der Waals surface area contributed by atoms with E-state index in [9.17, 15) is 0 Å². The van der Waals surface area contributed by atoms with Gasteiger partial charge in [-0.15, -0.1) is 0 Å². The second kappa shape index (κ2) is 3.38. The summed E-state index contributed by atoms with van der Waals surface area (Å²) in [4.78, 5) is 0. The van der Waals surface area contributed by atoms with Crippen molar-refractivity contribution in [3.05, 3.63) is 40.5 Å². The average Bonchev–Trinajstić information content (AvgIpc) is 2.62. The molecule has 0 aliphatic rings. The highest BCUT2D eigenvalue weighted by atomic mass is 79.9. The number of nitrogens with zero attached hydrogens (tertiary/aromatic N) is 2. The Hall–Kier alpha value is -1.03. The van der Waals surface area contributed by atoms with Gasteiger partial charge in [0.2, 0.25) is 0 Å². The smallest absolute Gasteiger partial charge is 0.169 e. The third-order valence-corrected chi connectivity index (χ3v) is 2.16. The minimum Gasteiger partial charge on any atom is -0.457 e. The van der Waals surface area contributed by atoms with Gasteiger partial charge in [-0.2, -0.15) is 5.10 Å². The summed E-state index contributed by atoms with van der Waals surface area (Å²) in [5.74, 6) is 0. The second-order valence-corrected chi connectivity index (χ2v) is 3.70. The summed E-state index contributed by atoms with van der Waals surface area (Å²) in [7, 11) is 0. The van der Waals surface area contributed by atoms with Crippen LogP contribution in [0.2, 0.25) is 0 Å². The van der Waals surface area contributed by atoms with Gasteiger partial charge >= 0.3 is 0 Å². The van der Waals surface area contributed by atoms with Crippen LogP contribution >= 0.6 is 15.9 Å². The Kier molecular flexibility index (Phi) is 2.22. The van der Waals surface area contributed by atoms with E-state index in [0.717, 1.165) is 22.5 Å². The quantitative estimate of drug-likeness (QED) is 0.809. The molecular formula is C9H9BrN2O. The van der Waals surface area contributed by atoms with E-state index >= 15 is 0 Å². The lowest BCUT2D eigenvalue weighted by Gasteiger charge is -1.95. The van der Waals surface area contributed by atoms with Gasteiger partial charge in [-0.1, -0.05) is 0 Å². The van der Waals surface area contributed by atoms with Gasteiger partial charge in [0, 0.05) is 11.8 Å². The van der Waals surface area contributed by atoms with Crippen LogP contribution in [-0.2, 0) is 6.54 Å². The fourth-order valence-corrected chi connectivity index (χ4v) is 1.55. The monoisotopic (exact) mass is 240 g/mol. The zero-order valence-electron chi connectivity index (χ0n) is 7.20. The fraction of sp³-hybridized carbons (Fsp3) is 0.222. The van der Waals surface area contributed by atoms with Crippen LogP contribution in [0.25, 0.3) is 0 Å². The Bertz CT molecular complexity index is 367. The van der Waals surface area contributed by atoms with Crippen LogP contribution < -0.4 is 0 Å². The van der Waals surface area contributed by atoms with Crippen molar-refractivity contribution in [2.45, 2.75) is 13.5 Å². The average molecular weight is 241 g/mol. The molecule has 4 heteroatoms. The van der Waals surface area contributed by atoms with Crippen LogP contribution in [0, 0.1) is 6.92 Å². The largest absolute Gasteiger partial charge is 0.457 e. The summed E-state index contributed by atoms with van der Waals surface area (Å²) in [5, 5.41) is 4.27. The van der Waals surface area contributed by atoms with Crippen LogP contribution in [0.3, 0.4) is 0 Å². The van der Waals surface area contributed by atoms with E-state index in [2.05, 4.69) is 21.0 Å². The van der Waals surface area contributed by atoms with E-state index < -0.39 is 0 Å². The summed E-state index contributed by atoms with van der Waals surface area (Å²) in [5.41, 5.74) is 2.14. The van der Waals surface area contributed by atoms with Crippen LogP contribution in [-0.4, -0.2) is 9.78 Å². The molecule has 13 heavy (non-hydrogen) atoms. The number of halogens is 1. The van der Waals surface area contributed by atoms with Gasteiger partial charge in [0.15, 0.2) is 4.67 Å². The zero-order valence-corrected chi connectivity index (χ0v) is 8.78. The first-order valence-electron chi connectivity index (χ1n) is 3.97. The van der Waals surface area contributed by atoms with Gasteiger partial charge in [-0.25, -0.2) is 0 Å². The number of rotatable bonds is 2. The third-order valence-electron chi connectivity index (χ3n) is 1.74. The van der Waals surface area contributed by atoms with Crippen molar-refractivity contribution in [1.29, 1.82) is 0 Å².